The maximum Gasteiger partial charge on any atom is 0.325 e. The summed E-state index contributed by atoms with van der Waals surface area (Å²) in [5.41, 5.74) is 3.29. The lowest BCUT2D eigenvalue weighted by molar-refractivity contribution is -0.144. The molecule has 3 heterocycles. The molecule has 1 aliphatic rings. The van der Waals surface area contributed by atoms with Gasteiger partial charge in [0.2, 0.25) is 0 Å². The standard InChI is InChI=1S/C22H20ClN3O3/c23-14-5-6-17-15(11-14)16(12-24-17)20(22(27)28)26-9-7-13(8-10-26)21-25-18-3-1-2-4-19(18)29-21/h1-6,11-13,20,24H,7-10H2,(H,27,28). The summed E-state index contributed by atoms with van der Waals surface area (Å²) in [6, 6.07) is 12.5. The molecule has 0 amide bonds. The molecule has 0 bridgehead atoms. The maximum absolute atomic E-state index is 12.2. The van der Waals surface area contributed by atoms with Crippen molar-refractivity contribution in [1.29, 1.82) is 0 Å². The van der Waals surface area contributed by atoms with E-state index in [1.807, 2.05) is 41.3 Å². The van der Waals surface area contributed by atoms with Crippen molar-refractivity contribution in [2.45, 2.75) is 24.8 Å². The molecule has 1 unspecified atom stereocenters. The van der Waals surface area contributed by atoms with Crippen molar-refractivity contribution in [3.05, 3.63) is 65.1 Å². The van der Waals surface area contributed by atoms with Crippen LogP contribution in [0.25, 0.3) is 22.0 Å². The number of likely N-dealkylation sites (tertiary alicyclic amines) is 1. The van der Waals surface area contributed by atoms with Gasteiger partial charge in [0.05, 0.1) is 0 Å². The fourth-order valence-electron chi connectivity index (χ4n) is 4.30. The largest absolute Gasteiger partial charge is 0.480 e. The molecular formula is C22H20ClN3O3. The van der Waals surface area contributed by atoms with Gasteiger partial charge in [-0.3, -0.25) is 9.69 Å². The lowest BCUT2D eigenvalue weighted by Gasteiger charge is -2.34. The summed E-state index contributed by atoms with van der Waals surface area (Å²) in [5.74, 6) is 0.0910. The van der Waals surface area contributed by atoms with Crippen LogP contribution >= 0.6 is 11.6 Å². The number of rotatable bonds is 4. The number of fused-ring (bicyclic) bond motifs is 2. The summed E-state index contributed by atoms with van der Waals surface area (Å²) in [7, 11) is 0. The average Bonchev–Trinajstić information content (AvgIpc) is 3.33. The number of piperidine rings is 1. The zero-order valence-corrected chi connectivity index (χ0v) is 16.4. The number of nitrogens with zero attached hydrogens (tertiary/aromatic N) is 2. The van der Waals surface area contributed by atoms with E-state index >= 15 is 0 Å². The van der Waals surface area contributed by atoms with Crippen molar-refractivity contribution >= 4 is 39.6 Å². The topological polar surface area (TPSA) is 82.4 Å². The summed E-state index contributed by atoms with van der Waals surface area (Å²) < 4.78 is 5.93. The molecule has 0 aliphatic carbocycles. The second kappa shape index (κ2) is 7.21. The van der Waals surface area contributed by atoms with Gasteiger partial charge in [0.25, 0.3) is 0 Å². The summed E-state index contributed by atoms with van der Waals surface area (Å²) in [6.45, 7) is 1.32. The van der Waals surface area contributed by atoms with Crippen molar-refractivity contribution in [3.8, 4) is 0 Å². The number of carboxylic acid groups (broad SMARTS) is 1. The number of oxazole rings is 1. The number of benzene rings is 2. The quantitative estimate of drug-likeness (QED) is 0.497. The second-order valence-corrected chi connectivity index (χ2v) is 7.94. The fraction of sp³-hybridized carbons (Fsp3) is 0.273. The molecule has 0 saturated carbocycles. The van der Waals surface area contributed by atoms with E-state index in [9.17, 15) is 9.90 Å². The van der Waals surface area contributed by atoms with Crippen molar-refractivity contribution in [3.63, 3.8) is 0 Å². The van der Waals surface area contributed by atoms with Crippen LogP contribution in [0, 0.1) is 0 Å². The Morgan fingerprint density at radius 3 is 2.79 bits per heavy atom. The van der Waals surface area contributed by atoms with Gasteiger partial charge in [0.1, 0.15) is 11.6 Å². The van der Waals surface area contributed by atoms with Gasteiger partial charge in [-0.2, -0.15) is 0 Å². The Morgan fingerprint density at radius 1 is 1.24 bits per heavy atom. The molecule has 4 aromatic rings. The van der Waals surface area contributed by atoms with Gasteiger partial charge in [-0.25, -0.2) is 4.98 Å². The summed E-state index contributed by atoms with van der Waals surface area (Å²) in [6.07, 6.45) is 3.39. The van der Waals surface area contributed by atoms with Gasteiger partial charge < -0.3 is 14.5 Å². The summed E-state index contributed by atoms with van der Waals surface area (Å²) in [5, 5.41) is 11.4. The van der Waals surface area contributed by atoms with E-state index in [2.05, 4.69) is 9.97 Å². The minimum atomic E-state index is -0.855. The van der Waals surface area contributed by atoms with Crippen LogP contribution in [-0.2, 0) is 4.79 Å². The van der Waals surface area contributed by atoms with E-state index in [1.54, 1.807) is 12.3 Å². The highest BCUT2D eigenvalue weighted by Gasteiger charge is 2.34. The maximum atomic E-state index is 12.2. The monoisotopic (exact) mass is 409 g/mol. The summed E-state index contributed by atoms with van der Waals surface area (Å²) >= 11 is 6.15. The molecule has 0 radical (unpaired) electrons. The molecular weight excluding hydrogens is 390 g/mol. The van der Waals surface area contributed by atoms with Crippen molar-refractivity contribution in [2.24, 2.45) is 0 Å². The molecule has 5 rings (SSSR count). The van der Waals surface area contributed by atoms with Crippen LogP contribution in [0.1, 0.15) is 36.3 Å². The third kappa shape index (κ3) is 3.28. The second-order valence-electron chi connectivity index (χ2n) is 7.50. The van der Waals surface area contributed by atoms with Crippen molar-refractivity contribution in [1.82, 2.24) is 14.9 Å². The molecule has 7 heteroatoms. The molecule has 1 fully saturated rings. The third-order valence-electron chi connectivity index (χ3n) is 5.76. The fourth-order valence-corrected chi connectivity index (χ4v) is 4.47. The number of aromatic amines is 1. The van der Waals surface area contributed by atoms with Crippen LogP contribution in [0.2, 0.25) is 5.02 Å². The summed E-state index contributed by atoms with van der Waals surface area (Å²) in [4.78, 5) is 22.0. The predicted molar refractivity (Wildman–Crippen MR) is 111 cm³/mol. The van der Waals surface area contributed by atoms with Crippen LogP contribution in [0.15, 0.2) is 53.1 Å². The van der Waals surface area contributed by atoms with E-state index in [0.29, 0.717) is 18.1 Å². The van der Waals surface area contributed by atoms with E-state index in [1.165, 1.54) is 0 Å². The molecule has 6 nitrogen and oxygen atoms in total. The number of aliphatic carboxylic acids is 1. The Morgan fingerprint density at radius 2 is 2.03 bits per heavy atom. The van der Waals surface area contributed by atoms with Crippen molar-refractivity contribution in [2.75, 3.05) is 13.1 Å². The van der Waals surface area contributed by atoms with Crippen LogP contribution in [0.3, 0.4) is 0 Å². The van der Waals surface area contributed by atoms with E-state index in [4.69, 9.17) is 16.0 Å². The number of carboxylic acids is 1. The molecule has 2 aromatic carbocycles. The highest BCUT2D eigenvalue weighted by atomic mass is 35.5. The predicted octanol–water partition coefficient (Wildman–Crippen LogP) is 4.97. The van der Waals surface area contributed by atoms with Gasteiger partial charge in [-0.05, 0) is 43.2 Å². The molecule has 29 heavy (non-hydrogen) atoms. The zero-order valence-electron chi connectivity index (χ0n) is 15.6. The van der Waals surface area contributed by atoms with Crippen molar-refractivity contribution < 1.29 is 14.3 Å². The minimum Gasteiger partial charge on any atom is -0.480 e. The van der Waals surface area contributed by atoms with Gasteiger partial charge >= 0.3 is 5.97 Å². The number of hydrogen-bond acceptors (Lipinski definition) is 4. The first kappa shape index (κ1) is 18.2. The molecule has 2 N–H and O–H groups in total. The van der Waals surface area contributed by atoms with E-state index < -0.39 is 12.0 Å². The molecule has 1 aliphatic heterocycles. The molecule has 1 saturated heterocycles. The Hall–Kier alpha value is -2.83. The zero-order chi connectivity index (χ0) is 20.0. The molecule has 2 aromatic heterocycles. The minimum absolute atomic E-state index is 0.200. The number of para-hydroxylation sites is 2. The Labute approximate surface area is 172 Å². The van der Waals surface area contributed by atoms with Gasteiger partial charge in [0.15, 0.2) is 11.5 Å². The Bertz CT molecular complexity index is 1160. The first-order chi connectivity index (χ1) is 14.1. The number of carbonyl (C=O) groups is 1. The van der Waals surface area contributed by atoms with Crippen LogP contribution in [0.4, 0.5) is 0 Å². The van der Waals surface area contributed by atoms with Crippen LogP contribution in [0.5, 0.6) is 0 Å². The first-order valence-electron chi connectivity index (χ1n) is 9.69. The van der Waals surface area contributed by atoms with E-state index in [0.717, 1.165) is 46.3 Å². The first-order valence-corrected chi connectivity index (χ1v) is 10.1. The van der Waals surface area contributed by atoms with Gasteiger partial charge in [0, 0.05) is 46.7 Å². The third-order valence-corrected chi connectivity index (χ3v) is 5.99. The Balaban J connectivity index is 1.38. The van der Waals surface area contributed by atoms with Crippen LogP contribution in [-0.4, -0.2) is 39.0 Å². The average molecular weight is 410 g/mol. The molecule has 148 valence electrons. The normalized spacial score (nSPS) is 17.1. The highest BCUT2D eigenvalue weighted by Crippen LogP contribution is 2.36. The Kier molecular flexibility index (Phi) is 4.53. The number of H-pyrrole nitrogens is 1. The lowest BCUT2D eigenvalue weighted by atomic mass is 9.94. The van der Waals surface area contributed by atoms with Crippen LogP contribution < -0.4 is 0 Å². The number of nitrogens with one attached hydrogen (secondary N) is 1. The lowest BCUT2D eigenvalue weighted by Crippen LogP contribution is -2.39. The molecule has 0 spiro atoms. The van der Waals surface area contributed by atoms with Gasteiger partial charge in [-0.15, -0.1) is 0 Å². The molecule has 1 atom stereocenters. The number of aromatic nitrogens is 2. The SMILES string of the molecule is O=C(O)C(c1c[nH]c2ccc(Cl)cc12)N1CCC(c2nc3ccccc3o2)CC1. The highest BCUT2D eigenvalue weighted by molar-refractivity contribution is 6.31. The smallest absolute Gasteiger partial charge is 0.325 e. The number of hydrogen-bond donors (Lipinski definition) is 2. The van der Waals surface area contributed by atoms with Gasteiger partial charge in [-0.1, -0.05) is 23.7 Å². The van der Waals surface area contributed by atoms with E-state index in [-0.39, 0.29) is 5.92 Å². The number of halogens is 1.